The average Bonchev–Trinajstić information content (AvgIpc) is 3.10. The highest BCUT2D eigenvalue weighted by molar-refractivity contribution is 6.45. The number of para-hydroxylation sites is 2. The first-order valence-corrected chi connectivity index (χ1v) is 11.8. The van der Waals surface area contributed by atoms with Gasteiger partial charge in [-0.15, -0.1) is 0 Å². The number of benzene rings is 3. The lowest BCUT2D eigenvalue weighted by molar-refractivity contribution is -0.120. The van der Waals surface area contributed by atoms with Gasteiger partial charge in [-0.05, 0) is 55.7 Å². The first-order chi connectivity index (χ1) is 16.5. The van der Waals surface area contributed by atoms with Crippen molar-refractivity contribution in [1.29, 1.82) is 0 Å². The van der Waals surface area contributed by atoms with Crippen LogP contribution in [0, 0.1) is 20.8 Å². The van der Waals surface area contributed by atoms with Gasteiger partial charge in [0.2, 0.25) is 0 Å². The minimum absolute atomic E-state index is 0.234. The van der Waals surface area contributed by atoms with Crippen LogP contribution in [-0.2, 0) is 9.59 Å². The highest BCUT2D eigenvalue weighted by Crippen LogP contribution is 2.37. The molecule has 2 heterocycles. The highest BCUT2D eigenvalue weighted by atomic mass is 16.2. The van der Waals surface area contributed by atoms with Crippen LogP contribution < -0.4 is 9.80 Å². The fourth-order valence-electron chi connectivity index (χ4n) is 5.01. The summed E-state index contributed by atoms with van der Waals surface area (Å²) in [6, 6.07) is 24.0. The number of anilines is 2. The zero-order chi connectivity index (χ0) is 23.8. The molecule has 5 heteroatoms. The zero-order valence-corrected chi connectivity index (χ0v) is 19.9. The molecule has 0 saturated carbocycles. The number of carbonyl (C=O) groups is 2. The molecule has 3 aromatic carbocycles. The van der Waals surface area contributed by atoms with E-state index in [1.54, 1.807) is 0 Å². The van der Waals surface area contributed by atoms with Crippen molar-refractivity contribution in [1.82, 2.24) is 4.90 Å². The summed E-state index contributed by atoms with van der Waals surface area (Å²) in [5, 5.41) is 0. The summed E-state index contributed by atoms with van der Waals surface area (Å²) < 4.78 is 0. The third kappa shape index (κ3) is 3.77. The van der Waals surface area contributed by atoms with Gasteiger partial charge in [-0.2, -0.15) is 0 Å². The van der Waals surface area contributed by atoms with Crippen molar-refractivity contribution in [3.05, 3.63) is 101 Å². The Labute approximate surface area is 200 Å². The molecule has 2 amide bonds. The van der Waals surface area contributed by atoms with Crippen molar-refractivity contribution in [3.63, 3.8) is 0 Å². The minimum Gasteiger partial charge on any atom is -0.368 e. The lowest BCUT2D eigenvalue weighted by Gasteiger charge is -2.37. The van der Waals surface area contributed by atoms with E-state index in [1.807, 2.05) is 75.4 Å². The maximum absolute atomic E-state index is 13.9. The molecule has 5 rings (SSSR count). The third-order valence-corrected chi connectivity index (χ3v) is 6.78. The Balaban J connectivity index is 1.55. The molecule has 1 saturated heterocycles. The second-order valence-electron chi connectivity index (χ2n) is 9.08. The third-order valence-electron chi connectivity index (χ3n) is 6.78. The van der Waals surface area contributed by atoms with Crippen LogP contribution in [0.15, 0.2) is 78.5 Å². The van der Waals surface area contributed by atoms with Gasteiger partial charge in [0.05, 0.1) is 11.3 Å². The Hall–Kier alpha value is -3.86. The number of hydrogen-bond acceptors (Lipinski definition) is 4. The Morgan fingerprint density at radius 3 is 1.97 bits per heavy atom. The van der Waals surface area contributed by atoms with Crippen LogP contribution in [-0.4, -0.2) is 42.9 Å². The molecule has 0 bridgehead atoms. The summed E-state index contributed by atoms with van der Waals surface area (Å²) in [6.45, 7) is 8.92. The Kier molecular flexibility index (Phi) is 5.70. The highest BCUT2D eigenvalue weighted by Gasteiger charge is 2.43. The average molecular weight is 452 g/mol. The minimum atomic E-state index is -0.244. The summed E-state index contributed by atoms with van der Waals surface area (Å²) in [6.07, 6.45) is 0. The van der Waals surface area contributed by atoms with Crippen LogP contribution in [0.25, 0.3) is 5.57 Å². The molecule has 2 aliphatic rings. The van der Waals surface area contributed by atoms with Crippen molar-refractivity contribution in [2.45, 2.75) is 20.8 Å². The van der Waals surface area contributed by atoms with Crippen LogP contribution in [0.1, 0.15) is 22.3 Å². The molecule has 34 heavy (non-hydrogen) atoms. The maximum Gasteiger partial charge on any atom is 0.282 e. The van der Waals surface area contributed by atoms with Crippen LogP contribution >= 0.6 is 0 Å². The van der Waals surface area contributed by atoms with E-state index in [2.05, 4.69) is 28.0 Å². The summed E-state index contributed by atoms with van der Waals surface area (Å²) in [7, 11) is 0. The van der Waals surface area contributed by atoms with Crippen molar-refractivity contribution < 1.29 is 9.59 Å². The molecular weight excluding hydrogens is 422 g/mol. The van der Waals surface area contributed by atoms with E-state index in [-0.39, 0.29) is 11.8 Å². The second-order valence-corrected chi connectivity index (χ2v) is 9.08. The van der Waals surface area contributed by atoms with E-state index < -0.39 is 0 Å². The first-order valence-electron chi connectivity index (χ1n) is 11.8. The molecule has 1 fully saturated rings. The Morgan fingerprint density at radius 1 is 0.647 bits per heavy atom. The van der Waals surface area contributed by atoms with E-state index in [9.17, 15) is 9.59 Å². The molecule has 0 aromatic heterocycles. The Morgan fingerprint density at radius 2 is 1.29 bits per heavy atom. The molecule has 5 nitrogen and oxygen atoms in total. The van der Waals surface area contributed by atoms with E-state index >= 15 is 0 Å². The molecule has 172 valence electrons. The van der Waals surface area contributed by atoms with Crippen molar-refractivity contribution in [3.8, 4) is 0 Å². The molecule has 0 N–H and O–H groups in total. The Bertz CT molecular complexity index is 1290. The smallest absolute Gasteiger partial charge is 0.282 e. The van der Waals surface area contributed by atoms with Gasteiger partial charge in [0.25, 0.3) is 11.8 Å². The number of nitrogens with zero attached hydrogens (tertiary/aromatic N) is 3. The van der Waals surface area contributed by atoms with Crippen LogP contribution in [0.2, 0.25) is 0 Å². The van der Waals surface area contributed by atoms with Gasteiger partial charge in [-0.25, -0.2) is 4.90 Å². The number of piperazine rings is 1. The summed E-state index contributed by atoms with van der Waals surface area (Å²) in [4.78, 5) is 33.5. The molecule has 0 radical (unpaired) electrons. The standard InChI is InChI=1S/C29H29N3O2/c1-20-13-14-24(22(3)19-20)26-27(29(34)32(28(26)33)25-12-8-7-9-21(25)2)31-17-15-30(16-18-31)23-10-5-4-6-11-23/h4-14,19H,15-18H2,1-3H3. The number of amides is 2. The number of hydrogen-bond donors (Lipinski definition) is 0. The van der Waals surface area contributed by atoms with Crippen molar-refractivity contribution in [2.75, 3.05) is 36.0 Å². The van der Waals surface area contributed by atoms with Gasteiger partial charge in [0.1, 0.15) is 5.70 Å². The van der Waals surface area contributed by atoms with E-state index in [0.717, 1.165) is 35.3 Å². The van der Waals surface area contributed by atoms with Gasteiger partial charge in [0, 0.05) is 31.9 Å². The fraction of sp³-hybridized carbons (Fsp3) is 0.241. The number of rotatable bonds is 4. The quantitative estimate of drug-likeness (QED) is 0.539. The molecule has 3 aromatic rings. The lowest BCUT2D eigenvalue weighted by atomic mass is 9.97. The SMILES string of the molecule is Cc1ccc(C2=C(N3CCN(c4ccccc4)CC3)C(=O)N(c3ccccc3C)C2=O)c(C)c1. The summed E-state index contributed by atoms with van der Waals surface area (Å²) in [5.41, 5.74) is 6.74. The maximum atomic E-state index is 13.9. The number of carbonyl (C=O) groups excluding carboxylic acids is 2. The van der Waals surface area contributed by atoms with Crippen LogP contribution in [0.5, 0.6) is 0 Å². The first kappa shape index (κ1) is 22.0. The molecule has 0 atom stereocenters. The molecular formula is C29H29N3O2. The zero-order valence-electron chi connectivity index (χ0n) is 19.9. The summed E-state index contributed by atoms with van der Waals surface area (Å²) >= 11 is 0. The molecule has 0 unspecified atom stereocenters. The van der Waals surface area contributed by atoms with Gasteiger partial charge >= 0.3 is 0 Å². The number of imide groups is 1. The largest absolute Gasteiger partial charge is 0.368 e. The van der Waals surface area contributed by atoms with Gasteiger partial charge < -0.3 is 9.80 Å². The van der Waals surface area contributed by atoms with Gasteiger partial charge in [-0.1, -0.05) is 60.2 Å². The molecule has 0 spiro atoms. The second kappa shape index (κ2) is 8.82. The normalized spacial score (nSPS) is 16.6. The van der Waals surface area contributed by atoms with Crippen LogP contribution in [0.3, 0.4) is 0 Å². The van der Waals surface area contributed by atoms with Crippen LogP contribution in [0.4, 0.5) is 11.4 Å². The van der Waals surface area contributed by atoms with E-state index in [4.69, 9.17) is 0 Å². The van der Waals surface area contributed by atoms with Gasteiger partial charge in [-0.3, -0.25) is 9.59 Å². The van der Waals surface area contributed by atoms with Gasteiger partial charge in [0.15, 0.2) is 0 Å². The lowest BCUT2D eigenvalue weighted by Crippen LogP contribution is -2.47. The predicted molar refractivity (Wildman–Crippen MR) is 137 cm³/mol. The molecule has 0 aliphatic carbocycles. The van der Waals surface area contributed by atoms with E-state index in [1.165, 1.54) is 10.6 Å². The monoisotopic (exact) mass is 451 g/mol. The summed E-state index contributed by atoms with van der Waals surface area (Å²) in [5.74, 6) is -0.478. The number of aryl methyl sites for hydroxylation is 3. The van der Waals surface area contributed by atoms with Crippen molar-refractivity contribution >= 4 is 28.8 Å². The predicted octanol–water partition coefficient (Wildman–Crippen LogP) is 4.72. The topological polar surface area (TPSA) is 43.9 Å². The molecule has 2 aliphatic heterocycles. The van der Waals surface area contributed by atoms with Crippen molar-refractivity contribution in [2.24, 2.45) is 0 Å². The fourth-order valence-corrected chi connectivity index (χ4v) is 5.01. The van der Waals surface area contributed by atoms with E-state index in [0.29, 0.717) is 30.0 Å².